The number of carbonyl (C=O) groups is 2. The van der Waals surface area contributed by atoms with Crippen molar-refractivity contribution in [3.05, 3.63) is 16.5 Å². The Labute approximate surface area is 263 Å². The predicted octanol–water partition coefficient (Wildman–Crippen LogP) is 8.57. The van der Waals surface area contributed by atoms with E-state index in [1.165, 1.54) is 44.9 Å². The summed E-state index contributed by atoms with van der Waals surface area (Å²) >= 11 is 6.74. The molecule has 2 N–H and O–H groups in total. The average molecular weight is 618 g/mol. The average Bonchev–Trinajstić information content (AvgIpc) is 3.54. The van der Waals surface area contributed by atoms with E-state index < -0.39 is 5.54 Å². The Balaban J connectivity index is 1.60. The number of halogens is 1. The molecule has 1 spiro atoms. The first kappa shape index (κ1) is 33.8. The van der Waals surface area contributed by atoms with E-state index in [9.17, 15) is 9.59 Å². The van der Waals surface area contributed by atoms with Crippen LogP contribution in [0.1, 0.15) is 168 Å². The van der Waals surface area contributed by atoms with E-state index in [4.69, 9.17) is 26.4 Å². The van der Waals surface area contributed by atoms with E-state index in [-0.39, 0.29) is 41.5 Å². The lowest BCUT2D eigenvalue weighted by molar-refractivity contribution is -0.150. The van der Waals surface area contributed by atoms with E-state index in [2.05, 4.69) is 45.0 Å². The molecule has 1 aliphatic heterocycles. The van der Waals surface area contributed by atoms with E-state index in [0.29, 0.717) is 17.3 Å². The fraction of sp³-hybridized carbons (Fsp3) is 0.824. The topological polar surface area (TPSA) is 101 Å². The molecule has 1 amide bonds. The number of nitrogens with zero attached hydrogens (tertiary/aromatic N) is 3. The van der Waals surface area contributed by atoms with Gasteiger partial charge in [0.15, 0.2) is 11.5 Å². The summed E-state index contributed by atoms with van der Waals surface area (Å²) in [6, 6.07) is 0. The molecule has 1 saturated heterocycles. The molecule has 8 nitrogen and oxygen atoms in total. The molecular weight excluding hydrogens is 562 g/mol. The monoisotopic (exact) mass is 617 g/mol. The van der Waals surface area contributed by atoms with Crippen LogP contribution in [-0.4, -0.2) is 43.8 Å². The molecule has 43 heavy (non-hydrogen) atoms. The van der Waals surface area contributed by atoms with Crippen LogP contribution in [0.5, 0.6) is 0 Å². The van der Waals surface area contributed by atoms with Gasteiger partial charge in [0.25, 0.3) is 0 Å². The Morgan fingerprint density at radius 2 is 1.53 bits per heavy atom. The van der Waals surface area contributed by atoms with Crippen molar-refractivity contribution < 1.29 is 14.3 Å². The van der Waals surface area contributed by atoms with Gasteiger partial charge >= 0.3 is 5.97 Å². The van der Waals surface area contributed by atoms with Crippen molar-refractivity contribution in [2.45, 2.75) is 167 Å². The molecule has 2 fully saturated rings. The highest BCUT2D eigenvalue weighted by Crippen LogP contribution is 2.52. The summed E-state index contributed by atoms with van der Waals surface area (Å²) in [5, 5.41) is 12.4. The molecule has 1 atom stereocenters. The smallest absolute Gasteiger partial charge is 0.306 e. The number of hydrogen-bond acceptors (Lipinski definition) is 5. The van der Waals surface area contributed by atoms with E-state index in [0.717, 1.165) is 69.3 Å². The summed E-state index contributed by atoms with van der Waals surface area (Å²) < 4.78 is 7.74. The zero-order valence-corrected chi connectivity index (χ0v) is 28.2. The van der Waals surface area contributed by atoms with Crippen molar-refractivity contribution in [1.29, 1.82) is 0 Å². The van der Waals surface area contributed by atoms with Gasteiger partial charge in [0.2, 0.25) is 5.91 Å². The first-order valence-electron chi connectivity index (χ1n) is 17.2. The molecule has 0 aromatic carbocycles. The lowest BCUT2D eigenvalue weighted by atomic mass is 9.57. The zero-order chi connectivity index (χ0) is 31.1. The van der Waals surface area contributed by atoms with Crippen LogP contribution >= 0.6 is 11.6 Å². The van der Waals surface area contributed by atoms with Crippen LogP contribution in [0.4, 0.5) is 0 Å². The van der Waals surface area contributed by atoms with Gasteiger partial charge in [0, 0.05) is 28.7 Å². The highest BCUT2D eigenvalue weighted by atomic mass is 35.5. The molecule has 0 radical (unpaired) electrons. The van der Waals surface area contributed by atoms with Crippen LogP contribution in [-0.2, 0) is 19.7 Å². The Kier molecular flexibility index (Phi) is 11.6. The molecule has 9 heteroatoms. The summed E-state index contributed by atoms with van der Waals surface area (Å²) in [5.74, 6) is 0.736. The van der Waals surface area contributed by atoms with Crippen LogP contribution in [0.3, 0.4) is 0 Å². The van der Waals surface area contributed by atoms with E-state index >= 15 is 0 Å². The number of esters is 1. The number of rotatable bonds is 13. The number of unbranched alkanes of at least 4 members (excludes halogenated alkanes) is 8. The van der Waals surface area contributed by atoms with E-state index in [1.54, 1.807) is 4.63 Å². The Hall–Kier alpha value is -2.09. The third-order valence-electron chi connectivity index (χ3n) is 10.2. The maximum absolute atomic E-state index is 13.3. The number of nitrogens with one attached hydrogen (secondary N) is 2. The van der Waals surface area contributed by atoms with Crippen molar-refractivity contribution in [1.82, 2.24) is 25.1 Å². The van der Waals surface area contributed by atoms with Crippen LogP contribution < -0.4 is 5.32 Å². The molecule has 2 aliphatic rings. The van der Waals surface area contributed by atoms with Crippen molar-refractivity contribution >= 4 is 29.1 Å². The molecule has 2 aromatic rings. The molecule has 4 rings (SSSR count). The van der Waals surface area contributed by atoms with E-state index in [1.807, 2.05) is 0 Å². The van der Waals surface area contributed by atoms with Crippen LogP contribution in [0.15, 0.2) is 0 Å². The summed E-state index contributed by atoms with van der Waals surface area (Å²) in [5.41, 5.74) is 0.802. The van der Waals surface area contributed by atoms with Gasteiger partial charge < -0.3 is 10.1 Å². The standard InChI is InChI=1S/C34H56ClN5O3/c1-6-8-10-12-13-15-21-33(20-14-11-9-7-2)24-43-27(42)17-16-26(41)37-34(33)22-18-25(19-23-34)30-36-31-28(35)29(32(3,4)5)38-40(31)39-30/h25,38H,6-24H2,1-5H3,(H,37,41). The third kappa shape index (κ3) is 7.96. The number of hydrogen-bond donors (Lipinski definition) is 2. The van der Waals surface area contributed by atoms with Gasteiger partial charge in [-0.15, -0.1) is 5.10 Å². The summed E-state index contributed by atoms with van der Waals surface area (Å²) in [6.07, 6.45) is 17.6. The highest BCUT2D eigenvalue weighted by Gasteiger charge is 2.54. The predicted molar refractivity (Wildman–Crippen MR) is 173 cm³/mol. The van der Waals surface area contributed by atoms with Gasteiger partial charge in [-0.25, -0.2) is 4.98 Å². The number of amides is 1. The number of carbonyl (C=O) groups excluding carboxylic acids is 2. The second-order valence-electron chi connectivity index (χ2n) is 14.4. The maximum atomic E-state index is 13.3. The minimum Gasteiger partial charge on any atom is -0.465 e. The van der Waals surface area contributed by atoms with Gasteiger partial charge in [-0.2, -0.15) is 4.63 Å². The molecule has 0 bridgehead atoms. The van der Waals surface area contributed by atoms with Crippen LogP contribution in [0.25, 0.3) is 5.65 Å². The first-order valence-corrected chi connectivity index (χ1v) is 17.5. The largest absolute Gasteiger partial charge is 0.465 e. The number of cyclic esters (lactones) is 1. The van der Waals surface area contributed by atoms with Gasteiger partial charge in [-0.3, -0.25) is 14.7 Å². The lowest BCUT2D eigenvalue weighted by Crippen LogP contribution is -2.63. The fourth-order valence-corrected chi connectivity index (χ4v) is 7.95. The van der Waals surface area contributed by atoms with Crippen molar-refractivity contribution in [3.63, 3.8) is 0 Å². The van der Waals surface area contributed by atoms with Crippen LogP contribution in [0, 0.1) is 5.41 Å². The number of H-pyrrole nitrogens is 1. The Bertz CT molecular complexity index is 1210. The second-order valence-corrected chi connectivity index (χ2v) is 14.8. The number of ether oxygens (including phenoxy) is 1. The first-order chi connectivity index (χ1) is 20.5. The summed E-state index contributed by atoms with van der Waals surface area (Å²) in [7, 11) is 0. The quantitative estimate of drug-likeness (QED) is 0.173. The zero-order valence-electron chi connectivity index (χ0n) is 27.5. The maximum Gasteiger partial charge on any atom is 0.306 e. The molecule has 1 saturated carbocycles. The minimum atomic E-state index is -0.404. The number of fused-ring (bicyclic) bond motifs is 1. The molecule has 242 valence electrons. The fourth-order valence-electron chi connectivity index (χ4n) is 7.50. The summed E-state index contributed by atoms with van der Waals surface area (Å²) in [4.78, 5) is 30.9. The Morgan fingerprint density at radius 3 is 2.14 bits per heavy atom. The van der Waals surface area contributed by atoms with Crippen molar-refractivity contribution in [2.75, 3.05) is 6.61 Å². The van der Waals surface area contributed by atoms with Gasteiger partial charge in [0.05, 0.1) is 18.7 Å². The number of aromatic amines is 1. The molecule has 1 aliphatic carbocycles. The second kappa shape index (κ2) is 14.8. The molecule has 1 unspecified atom stereocenters. The van der Waals surface area contributed by atoms with Gasteiger partial charge in [-0.05, 0) is 38.5 Å². The highest BCUT2D eigenvalue weighted by molar-refractivity contribution is 6.34. The minimum absolute atomic E-state index is 0.0203. The summed E-state index contributed by atoms with van der Waals surface area (Å²) in [6.45, 7) is 11.2. The molecule has 3 heterocycles. The Morgan fingerprint density at radius 1 is 0.930 bits per heavy atom. The lowest BCUT2D eigenvalue weighted by Gasteiger charge is -2.54. The molecule has 2 aromatic heterocycles. The normalized spacial score (nSPS) is 25.4. The third-order valence-corrected chi connectivity index (χ3v) is 10.5. The number of aromatic nitrogens is 4. The van der Waals surface area contributed by atoms with Gasteiger partial charge in [0.1, 0.15) is 5.02 Å². The SMILES string of the molecule is CCCCCCCCC1(CCCCCC)COC(=O)CCC(=O)NC12CCC(c1nc3c(Cl)c(C(C)(C)C)[nH]n3n1)CC2. The van der Waals surface area contributed by atoms with Gasteiger partial charge in [-0.1, -0.05) is 110 Å². The van der Waals surface area contributed by atoms with Crippen molar-refractivity contribution in [2.24, 2.45) is 5.41 Å². The van der Waals surface area contributed by atoms with Crippen LogP contribution in [0.2, 0.25) is 5.02 Å². The van der Waals surface area contributed by atoms with Crippen molar-refractivity contribution in [3.8, 4) is 0 Å². The molecular formula is C34H56ClN5O3.